The highest BCUT2D eigenvalue weighted by atomic mass is 35.5. The van der Waals surface area contributed by atoms with Crippen molar-refractivity contribution in [1.82, 2.24) is 9.78 Å². The van der Waals surface area contributed by atoms with Gasteiger partial charge < -0.3 is 0 Å². The number of hydrogen-bond donors (Lipinski definition) is 0. The molecule has 0 saturated carbocycles. The predicted octanol–water partition coefficient (Wildman–Crippen LogP) is 2.13. The molecular weight excluding hydrogens is 206 g/mol. The molecule has 5 nitrogen and oxygen atoms in total. The number of rotatable bonds is 1. The third-order valence-electron chi connectivity index (χ3n) is 1.90. The van der Waals surface area contributed by atoms with Crippen LogP contribution in [0.1, 0.15) is 0 Å². The van der Waals surface area contributed by atoms with Gasteiger partial charge in [-0.15, -0.1) is 0 Å². The maximum Gasteiger partial charge on any atom is 0.315 e. The normalized spacial score (nSPS) is 10.7. The molecule has 14 heavy (non-hydrogen) atoms. The maximum absolute atomic E-state index is 10.7. The van der Waals surface area contributed by atoms with Gasteiger partial charge >= 0.3 is 5.69 Å². The lowest BCUT2D eigenvalue weighted by Crippen LogP contribution is -1.92. The van der Waals surface area contributed by atoms with E-state index >= 15 is 0 Å². The Labute approximate surface area is 84.0 Å². The molecule has 0 aliphatic carbocycles. The summed E-state index contributed by atoms with van der Waals surface area (Å²) in [5.41, 5.74) is 0.190. The number of aryl methyl sites for hydroxylation is 1. The van der Waals surface area contributed by atoms with E-state index in [1.54, 1.807) is 19.3 Å². The summed E-state index contributed by atoms with van der Waals surface area (Å²) in [5.74, 6) is 0. The Hall–Kier alpha value is -1.62. The molecule has 0 spiro atoms. The molecule has 0 unspecified atom stereocenters. The highest BCUT2D eigenvalue weighted by molar-refractivity contribution is 6.33. The molecule has 0 aliphatic heterocycles. The summed E-state index contributed by atoms with van der Waals surface area (Å²) in [5, 5.41) is 15.5. The first-order valence-electron chi connectivity index (χ1n) is 3.86. The molecule has 0 amide bonds. The van der Waals surface area contributed by atoms with E-state index in [1.807, 2.05) is 0 Å². The zero-order valence-corrected chi connectivity index (χ0v) is 8.02. The van der Waals surface area contributed by atoms with Gasteiger partial charge in [-0.05, 0) is 12.1 Å². The van der Waals surface area contributed by atoms with Gasteiger partial charge in [0.2, 0.25) is 0 Å². The van der Waals surface area contributed by atoms with Crippen LogP contribution in [0.2, 0.25) is 5.02 Å². The van der Waals surface area contributed by atoms with E-state index in [0.29, 0.717) is 10.9 Å². The SMILES string of the molecule is Cn1cc2ccc(Cl)c([N+](=O)[O-])c2n1. The molecule has 2 aromatic rings. The lowest BCUT2D eigenvalue weighted by atomic mass is 10.2. The van der Waals surface area contributed by atoms with Crippen molar-refractivity contribution < 1.29 is 4.92 Å². The molecule has 1 aromatic carbocycles. The lowest BCUT2D eigenvalue weighted by Gasteiger charge is -1.94. The van der Waals surface area contributed by atoms with Crippen LogP contribution >= 0.6 is 11.6 Å². The number of nitro benzene ring substituents is 1. The van der Waals surface area contributed by atoms with Crippen LogP contribution in [0.3, 0.4) is 0 Å². The summed E-state index contributed by atoms with van der Waals surface area (Å²) in [6.07, 6.45) is 1.71. The number of fused-ring (bicyclic) bond motifs is 1. The van der Waals surface area contributed by atoms with Gasteiger partial charge in [0.1, 0.15) is 5.02 Å². The molecule has 1 heterocycles. The molecule has 0 radical (unpaired) electrons. The van der Waals surface area contributed by atoms with Gasteiger partial charge in [0.15, 0.2) is 5.52 Å². The Bertz CT molecular complexity index is 521. The summed E-state index contributed by atoms with van der Waals surface area (Å²) < 4.78 is 1.52. The first kappa shape index (κ1) is 8.96. The van der Waals surface area contributed by atoms with Crippen LogP contribution in [-0.4, -0.2) is 14.7 Å². The highest BCUT2D eigenvalue weighted by Gasteiger charge is 2.19. The van der Waals surface area contributed by atoms with Crippen molar-refractivity contribution in [2.45, 2.75) is 0 Å². The molecule has 1 aromatic heterocycles. The van der Waals surface area contributed by atoms with E-state index < -0.39 is 4.92 Å². The largest absolute Gasteiger partial charge is 0.315 e. The molecule has 0 N–H and O–H groups in total. The van der Waals surface area contributed by atoms with Crippen molar-refractivity contribution in [2.75, 3.05) is 0 Å². The van der Waals surface area contributed by atoms with Crippen molar-refractivity contribution in [2.24, 2.45) is 7.05 Å². The Morgan fingerprint density at radius 1 is 1.57 bits per heavy atom. The fourth-order valence-corrected chi connectivity index (χ4v) is 1.56. The average Bonchev–Trinajstić information content (AvgIpc) is 2.43. The van der Waals surface area contributed by atoms with E-state index in [0.717, 1.165) is 0 Å². The number of nitro groups is 1. The Balaban J connectivity index is 2.88. The van der Waals surface area contributed by atoms with Crippen LogP contribution in [0.5, 0.6) is 0 Å². The second kappa shape index (κ2) is 2.95. The molecule has 0 bridgehead atoms. The summed E-state index contributed by atoms with van der Waals surface area (Å²) in [7, 11) is 1.71. The van der Waals surface area contributed by atoms with Crippen molar-refractivity contribution in [3.05, 3.63) is 33.5 Å². The highest BCUT2D eigenvalue weighted by Crippen LogP contribution is 2.31. The summed E-state index contributed by atoms with van der Waals surface area (Å²) in [6.45, 7) is 0. The third kappa shape index (κ3) is 1.22. The molecule has 0 atom stereocenters. The first-order chi connectivity index (χ1) is 6.59. The van der Waals surface area contributed by atoms with Crippen LogP contribution in [0.25, 0.3) is 10.9 Å². The van der Waals surface area contributed by atoms with E-state index in [1.165, 1.54) is 10.7 Å². The first-order valence-corrected chi connectivity index (χ1v) is 4.23. The van der Waals surface area contributed by atoms with Crippen molar-refractivity contribution in [3.63, 3.8) is 0 Å². The molecule has 72 valence electrons. The minimum absolute atomic E-state index is 0.112. The monoisotopic (exact) mass is 211 g/mol. The standard InChI is InChI=1S/C8H6ClN3O2/c1-11-4-5-2-3-6(9)8(12(13)14)7(5)10-11/h2-4H,1H3. The smallest absolute Gasteiger partial charge is 0.274 e. The molecule has 6 heteroatoms. The molecule has 0 fully saturated rings. The van der Waals surface area contributed by atoms with Crippen LogP contribution in [0, 0.1) is 10.1 Å². The number of hydrogen-bond acceptors (Lipinski definition) is 3. The minimum Gasteiger partial charge on any atom is -0.274 e. The Kier molecular flexibility index (Phi) is 1.89. The zero-order valence-electron chi connectivity index (χ0n) is 7.27. The quantitative estimate of drug-likeness (QED) is 0.536. The minimum atomic E-state index is -0.516. The molecule has 2 rings (SSSR count). The van der Waals surface area contributed by atoms with E-state index in [-0.39, 0.29) is 10.7 Å². The number of halogens is 1. The van der Waals surface area contributed by atoms with Gasteiger partial charge in [-0.3, -0.25) is 14.8 Å². The van der Waals surface area contributed by atoms with Crippen LogP contribution < -0.4 is 0 Å². The second-order valence-electron chi connectivity index (χ2n) is 2.89. The van der Waals surface area contributed by atoms with E-state index in [4.69, 9.17) is 11.6 Å². The molecule has 0 aliphatic rings. The molecule has 0 saturated heterocycles. The van der Waals surface area contributed by atoms with Crippen molar-refractivity contribution >= 4 is 28.2 Å². The maximum atomic E-state index is 10.7. The summed E-state index contributed by atoms with van der Waals surface area (Å²) in [6, 6.07) is 3.21. The fraction of sp³-hybridized carbons (Fsp3) is 0.125. The van der Waals surface area contributed by atoms with Gasteiger partial charge in [-0.2, -0.15) is 5.10 Å². The Morgan fingerprint density at radius 2 is 2.29 bits per heavy atom. The molecular formula is C8H6ClN3O2. The summed E-state index contributed by atoms with van der Waals surface area (Å²) >= 11 is 5.72. The second-order valence-corrected chi connectivity index (χ2v) is 3.30. The van der Waals surface area contributed by atoms with Crippen LogP contribution in [0.15, 0.2) is 18.3 Å². The van der Waals surface area contributed by atoms with Crippen molar-refractivity contribution in [1.29, 1.82) is 0 Å². The van der Waals surface area contributed by atoms with Gasteiger partial charge in [-0.1, -0.05) is 11.6 Å². The zero-order chi connectivity index (χ0) is 10.3. The predicted molar refractivity (Wildman–Crippen MR) is 52.4 cm³/mol. The van der Waals surface area contributed by atoms with Gasteiger partial charge in [0.05, 0.1) is 4.92 Å². The van der Waals surface area contributed by atoms with Gasteiger partial charge in [0.25, 0.3) is 0 Å². The third-order valence-corrected chi connectivity index (χ3v) is 2.20. The lowest BCUT2D eigenvalue weighted by molar-refractivity contribution is -0.383. The fourth-order valence-electron chi connectivity index (χ4n) is 1.34. The average molecular weight is 212 g/mol. The number of benzene rings is 1. The Morgan fingerprint density at radius 3 is 2.93 bits per heavy atom. The van der Waals surface area contributed by atoms with Crippen LogP contribution in [0.4, 0.5) is 5.69 Å². The van der Waals surface area contributed by atoms with Crippen LogP contribution in [-0.2, 0) is 7.05 Å². The summed E-state index contributed by atoms with van der Waals surface area (Å²) in [4.78, 5) is 10.2. The van der Waals surface area contributed by atoms with Gasteiger partial charge in [0, 0.05) is 18.6 Å². The van der Waals surface area contributed by atoms with Crippen molar-refractivity contribution in [3.8, 4) is 0 Å². The topological polar surface area (TPSA) is 61.0 Å². The number of aromatic nitrogens is 2. The number of nitrogens with zero attached hydrogens (tertiary/aromatic N) is 3. The van der Waals surface area contributed by atoms with E-state index in [9.17, 15) is 10.1 Å². The van der Waals surface area contributed by atoms with Gasteiger partial charge in [-0.25, -0.2) is 0 Å². The van der Waals surface area contributed by atoms with E-state index in [2.05, 4.69) is 5.10 Å².